The molecule has 0 aliphatic heterocycles. The van der Waals surface area contributed by atoms with Gasteiger partial charge in [-0.3, -0.25) is 24.0 Å². The van der Waals surface area contributed by atoms with Gasteiger partial charge in [-0.05, 0) is 176 Å². The van der Waals surface area contributed by atoms with Crippen LogP contribution in [0.25, 0.3) is 0 Å². The number of hydrogen-bond acceptors (Lipinski definition) is 9. The van der Waals surface area contributed by atoms with Gasteiger partial charge in [0.15, 0.2) is 6.10 Å². The van der Waals surface area contributed by atoms with Crippen molar-refractivity contribution in [3.8, 4) is 0 Å². The molecule has 0 radical (unpaired) electrons. The van der Waals surface area contributed by atoms with E-state index >= 15 is 0 Å². The Labute approximate surface area is 484 Å². The molecule has 4 fully saturated rings. The zero-order valence-electron chi connectivity index (χ0n) is 51.8. The second-order valence-electron chi connectivity index (χ2n) is 26.1. The quantitative estimate of drug-likeness (QED) is 0.0254. The molecule has 4 aliphatic rings. The molecular formula is C70H120O9. The fraction of sp³-hybridized carbons (Fsp3) is 0.871. The van der Waals surface area contributed by atoms with Gasteiger partial charge in [0.1, 0.15) is 25.1 Å². The van der Waals surface area contributed by atoms with Gasteiger partial charge in [0.25, 0.3) is 0 Å². The summed E-state index contributed by atoms with van der Waals surface area (Å²) in [4.78, 5) is 64.2. The molecule has 0 bridgehead atoms. The molecule has 0 aromatic carbocycles. The van der Waals surface area contributed by atoms with Crippen LogP contribution in [0.2, 0.25) is 0 Å². The first-order valence-electron chi connectivity index (χ1n) is 33.9. The maximum Gasteiger partial charge on any atom is 0.306 e. The Hall–Kier alpha value is -2.97. The highest BCUT2D eigenvalue weighted by molar-refractivity contribution is 5.79. The Morgan fingerprint density at radius 3 is 1.32 bits per heavy atom. The SMILES string of the molecule is CCCCCCCC/C=C\CCCCCCCC(=O)OCC(COC(=O)CCCCCCC/C=C\CCCCCCCC)OC(=O)CCCCCCCCC(=O)O[C@@H]1CC[C@@]2(C)[C@@H](CC[C@@H]3[C@@H]2CC[C@]2(C)[C@@H](C(C)=O)CC[C@@H]32)C1. The van der Waals surface area contributed by atoms with Crippen molar-refractivity contribution in [2.75, 3.05) is 13.2 Å². The molecule has 454 valence electrons. The number of Topliss-reactive ketones (excluding diaryl/α,β-unsaturated/α-hetero) is 1. The second kappa shape index (κ2) is 41.1. The van der Waals surface area contributed by atoms with E-state index in [4.69, 9.17) is 18.9 Å². The molecule has 0 spiro atoms. The topological polar surface area (TPSA) is 122 Å². The van der Waals surface area contributed by atoms with Gasteiger partial charge in [-0.15, -0.1) is 0 Å². The largest absolute Gasteiger partial charge is 0.462 e. The van der Waals surface area contributed by atoms with E-state index in [2.05, 4.69) is 52.0 Å². The van der Waals surface area contributed by atoms with E-state index in [1.165, 1.54) is 135 Å². The number of fused-ring (bicyclic) bond motifs is 5. The zero-order chi connectivity index (χ0) is 56.8. The maximum absolute atomic E-state index is 13.0. The molecular weight excluding hydrogens is 985 g/mol. The lowest BCUT2D eigenvalue weighted by Gasteiger charge is -2.61. The number of hydrogen-bond donors (Lipinski definition) is 0. The minimum atomic E-state index is -0.834. The smallest absolute Gasteiger partial charge is 0.306 e. The van der Waals surface area contributed by atoms with Crippen LogP contribution in [0.15, 0.2) is 24.3 Å². The van der Waals surface area contributed by atoms with E-state index in [9.17, 15) is 24.0 Å². The monoisotopic (exact) mass is 1100 g/mol. The Bertz CT molecular complexity index is 1680. The van der Waals surface area contributed by atoms with Crippen LogP contribution < -0.4 is 0 Å². The molecule has 0 saturated heterocycles. The minimum absolute atomic E-state index is 0.0343. The van der Waals surface area contributed by atoms with Gasteiger partial charge in [-0.25, -0.2) is 0 Å². The predicted molar refractivity (Wildman–Crippen MR) is 323 cm³/mol. The van der Waals surface area contributed by atoms with E-state index in [1.54, 1.807) is 0 Å². The van der Waals surface area contributed by atoms with Gasteiger partial charge in [0, 0.05) is 31.6 Å². The summed E-state index contributed by atoms with van der Waals surface area (Å²) in [5.74, 6) is 2.37. The second-order valence-corrected chi connectivity index (χ2v) is 26.1. The van der Waals surface area contributed by atoms with Gasteiger partial charge in [0.2, 0.25) is 0 Å². The molecule has 79 heavy (non-hydrogen) atoms. The summed E-state index contributed by atoms with van der Waals surface area (Å²) in [5, 5.41) is 0. The fourth-order valence-electron chi connectivity index (χ4n) is 15.0. The highest BCUT2D eigenvalue weighted by Gasteiger charge is 2.61. The number of ketones is 1. The van der Waals surface area contributed by atoms with Crippen LogP contribution in [-0.2, 0) is 42.9 Å². The van der Waals surface area contributed by atoms with Gasteiger partial charge < -0.3 is 18.9 Å². The highest BCUT2D eigenvalue weighted by Crippen LogP contribution is 2.67. The maximum atomic E-state index is 13.0. The highest BCUT2D eigenvalue weighted by atomic mass is 16.6. The predicted octanol–water partition coefficient (Wildman–Crippen LogP) is 19.3. The molecule has 4 rings (SSSR count). The lowest BCUT2D eigenvalue weighted by molar-refractivity contribution is -0.167. The van der Waals surface area contributed by atoms with Gasteiger partial charge >= 0.3 is 23.9 Å². The van der Waals surface area contributed by atoms with E-state index in [-0.39, 0.29) is 60.9 Å². The lowest BCUT2D eigenvalue weighted by Crippen LogP contribution is -2.54. The summed E-state index contributed by atoms with van der Waals surface area (Å²) in [6.07, 6.45) is 56.5. The number of unbranched alkanes of at least 4 members (excludes halogenated alkanes) is 27. The summed E-state index contributed by atoms with van der Waals surface area (Å²) in [5.41, 5.74) is 0.506. The Morgan fingerprint density at radius 2 is 0.848 bits per heavy atom. The molecule has 8 atom stereocenters. The molecule has 0 aromatic heterocycles. The Morgan fingerprint density at radius 1 is 0.443 bits per heavy atom. The van der Waals surface area contributed by atoms with Crippen molar-refractivity contribution in [2.45, 2.75) is 336 Å². The number of carbonyl (C=O) groups excluding carboxylic acids is 5. The average Bonchev–Trinajstić information content (AvgIpc) is 4.05. The van der Waals surface area contributed by atoms with E-state index < -0.39 is 6.10 Å². The van der Waals surface area contributed by atoms with Crippen LogP contribution >= 0.6 is 0 Å². The van der Waals surface area contributed by atoms with Crippen molar-refractivity contribution in [1.82, 2.24) is 0 Å². The van der Waals surface area contributed by atoms with Gasteiger partial charge in [0.05, 0.1) is 0 Å². The third-order valence-electron chi connectivity index (χ3n) is 19.9. The summed E-state index contributed by atoms with van der Waals surface area (Å²) in [6, 6.07) is 0. The minimum Gasteiger partial charge on any atom is -0.462 e. The van der Waals surface area contributed by atoms with Crippen LogP contribution in [0.1, 0.15) is 324 Å². The molecule has 0 heterocycles. The molecule has 0 N–H and O–H groups in total. The van der Waals surface area contributed by atoms with Crippen molar-refractivity contribution < 1.29 is 42.9 Å². The van der Waals surface area contributed by atoms with Crippen molar-refractivity contribution >= 4 is 29.7 Å². The molecule has 4 aliphatic carbocycles. The normalized spacial score (nSPS) is 24.6. The number of allylic oxidation sites excluding steroid dienone is 4. The molecule has 0 unspecified atom stereocenters. The first-order chi connectivity index (χ1) is 38.4. The lowest BCUT2D eigenvalue weighted by atomic mass is 9.44. The fourth-order valence-corrected chi connectivity index (χ4v) is 15.0. The number of rotatable bonds is 46. The van der Waals surface area contributed by atoms with Crippen LogP contribution in [0, 0.1) is 40.4 Å². The molecule has 9 nitrogen and oxygen atoms in total. The van der Waals surface area contributed by atoms with Crippen LogP contribution in [0.3, 0.4) is 0 Å². The Balaban J connectivity index is 1.06. The third-order valence-corrected chi connectivity index (χ3v) is 19.9. The summed E-state index contributed by atoms with van der Waals surface area (Å²) in [7, 11) is 0. The van der Waals surface area contributed by atoms with Crippen molar-refractivity contribution in [3.63, 3.8) is 0 Å². The zero-order valence-corrected chi connectivity index (χ0v) is 51.8. The average molecular weight is 1110 g/mol. The first-order valence-corrected chi connectivity index (χ1v) is 33.9. The molecule has 4 saturated carbocycles. The molecule has 0 aromatic rings. The first kappa shape index (κ1) is 68.5. The van der Waals surface area contributed by atoms with Crippen molar-refractivity contribution in [1.29, 1.82) is 0 Å². The summed E-state index contributed by atoms with van der Waals surface area (Å²) >= 11 is 0. The Kier molecular flexibility index (Phi) is 35.6. The standard InChI is InChI=1S/C70H120O9/c1-6-8-10-12-14-16-18-20-22-24-26-28-30-34-38-42-65(72)76-55-60(56-77-66(73)43-39-35-31-29-27-25-23-21-19-17-15-13-11-9-7-2)79-68(75)45-41-37-33-32-36-40-44-67(74)78-59-50-52-69(4)58(54-59)46-47-61-63-49-48-62(57(3)71)70(63,5)53-51-64(61)69/h20-23,58-64H,6-19,24-56H2,1-5H3/b22-20-,23-21-/t58-,59+,61-,62+,63-,64-,69-,70+/m0/s1. The van der Waals surface area contributed by atoms with E-state index in [0.717, 1.165) is 134 Å². The van der Waals surface area contributed by atoms with E-state index in [1.807, 2.05) is 6.92 Å². The summed E-state index contributed by atoms with van der Waals surface area (Å²) in [6.45, 7) is 11.1. The van der Waals surface area contributed by atoms with Gasteiger partial charge in [-0.2, -0.15) is 0 Å². The van der Waals surface area contributed by atoms with Crippen molar-refractivity contribution in [2.24, 2.45) is 40.4 Å². The number of esters is 4. The van der Waals surface area contributed by atoms with Crippen molar-refractivity contribution in [3.05, 3.63) is 24.3 Å². The summed E-state index contributed by atoms with van der Waals surface area (Å²) < 4.78 is 23.1. The molecule has 9 heteroatoms. The van der Waals surface area contributed by atoms with Crippen LogP contribution in [-0.4, -0.2) is 55.1 Å². The van der Waals surface area contributed by atoms with E-state index in [0.29, 0.717) is 48.7 Å². The molecule has 0 amide bonds. The number of ether oxygens (including phenoxy) is 4. The van der Waals surface area contributed by atoms with Gasteiger partial charge in [-0.1, -0.05) is 180 Å². The number of carbonyl (C=O) groups is 5. The van der Waals surface area contributed by atoms with Crippen LogP contribution in [0.4, 0.5) is 0 Å². The van der Waals surface area contributed by atoms with Crippen LogP contribution in [0.5, 0.6) is 0 Å². The third kappa shape index (κ3) is 26.9.